The van der Waals surface area contributed by atoms with Crippen molar-refractivity contribution >= 4 is 21.8 Å². The molecule has 1 N–H and O–H groups in total. The molecule has 0 aliphatic rings. The molecule has 0 radical (unpaired) electrons. The summed E-state index contributed by atoms with van der Waals surface area (Å²) in [5.41, 5.74) is 2.41. The van der Waals surface area contributed by atoms with Gasteiger partial charge in [0.1, 0.15) is 11.6 Å². The summed E-state index contributed by atoms with van der Waals surface area (Å²) >= 11 is 0. The topological polar surface area (TPSA) is 25.6 Å². The number of fused-ring (bicyclic) bond motifs is 2. The number of hydrogen-bond acceptors (Lipinski definition) is 0. The first-order chi connectivity index (χ1) is 11.4. The van der Waals surface area contributed by atoms with Gasteiger partial charge in [0.15, 0.2) is 0 Å². The molecule has 3 aromatic heterocycles. The van der Waals surface area contributed by atoms with Crippen LogP contribution in [0.25, 0.3) is 33.4 Å². The van der Waals surface area contributed by atoms with Crippen LogP contribution in [-0.2, 0) is 0 Å². The second-order valence-electron chi connectivity index (χ2n) is 5.72. The quantitative estimate of drug-likeness (QED) is 0.479. The molecule has 3 heteroatoms. The highest BCUT2D eigenvalue weighted by atomic mass is 15.1. The number of hydrogen-bond donors (Lipinski definition) is 1. The second kappa shape index (κ2) is 4.65. The number of para-hydroxylation sites is 2. The Labute approximate surface area is 133 Å². The molecule has 0 aliphatic carbocycles. The maximum Gasteiger partial charge on any atom is 0.116 e. The summed E-state index contributed by atoms with van der Waals surface area (Å²) in [6.45, 7) is 0. The first-order valence-electron chi connectivity index (χ1n) is 7.72. The summed E-state index contributed by atoms with van der Waals surface area (Å²) in [5.74, 6) is 2.14. The van der Waals surface area contributed by atoms with Gasteiger partial charge in [-0.3, -0.25) is 0 Å². The molecule has 23 heavy (non-hydrogen) atoms. The standard InChI is InChI=1S/C20H15N3/c1-3-7-17-15(5-1)11-13-22(17)19-9-10-20(21-19)23-14-12-16-6-2-4-8-18(16)23/h1-14,21H. The molecule has 0 aliphatic heterocycles. The third-order valence-electron chi connectivity index (χ3n) is 4.37. The molecule has 0 fully saturated rings. The van der Waals surface area contributed by atoms with Gasteiger partial charge in [-0.2, -0.15) is 0 Å². The molecular formula is C20H15N3. The highest BCUT2D eigenvalue weighted by Gasteiger charge is 2.07. The molecule has 3 heterocycles. The SMILES string of the molecule is c1ccc2c(c1)ccn2-c1ccc(-n2ccc3ccccc32)[nH]1. The van der Waals surface area contributed by atoms with Gasteiger partial charge >= 0.3 is 0 Å². The van der Waals surface area contributed by atoms with Crippen LogP contribution in [0.1, 0.15) is 0 Å². The largest absolute Gasteiger partial charge is 0.327 e. The second-order valence-corrected chi connectivity index (χ2v) is 5.72. The molecule has 0 unspecified atom stereocenters. The molecular weight excluding hydrogens is 282 g/mol. The minimum Gasteiger partial charge on any atom is -0.327 e. The smallest absolute Gasteiger partial charge is 0.116 e. The van der Waals surface area contributed by atoms with Gasteiger partial charge in [0, 0.05) is 12.4 Å². The van der Waals surface area contributed by atoms with Gasteiger partial charge in [-0.15, -0.1) is 0 Å². The lowest BCUT2D eigenvalue weighted by atomic mass is 10.2. The fraction of sp³-hybridized carbons (Fsp3) is 0. The fourth-order valence-corrected chi connectivity index (χ4v) is 3.24. The van der Waals surface area contributed by atoms with Gasteiger partial charge in [0.05, 0.1) is 11.0 Å². The van der Waals surface area contributed by atoms with Crippen LogP contribution in [0.3, 0.4) is 0 Å². The lowest BCUT2D eigenvalue weighted by molar-refractivity contribution is 1.01. The fourth-order valence-electron chi connectivity index (χ4n) is 3.24. The van der Waals surface area contributed by atoms with Crippen LogP contribution in [0.5, 0.6) is 0 Å². The van der Waals surface area contributed by atoms with Crippen molar-refractivity contribution < 1.29 is 0 Å². The molecule has 0 saturated heterocycles. The molecule has 0 bridgehead atoms. The van der Waals surface area contributed by atoms with Crippen LogP contribution in [-0.4, -0.2) is 14.1 Å². The molecule has 2 aromatic carbocycles. The summed E-state index contributed by atoms with van der Waals surface area (Å²) in [5, 5.41) is 2.49. The minimum absolute atomic E-state index is 1.07. The number of benzene rings is 2. The Morgan fingerprint density at radius 3 is 1.52 bits per heavy atom. The maximum atomic E-state index is 3.53. The van der Waals surface area contributed by atoms with E-state index in [0.29, 0.717) is 0 Å². The third kappa shape index (κ3) is 1.83. The molecule has 5 rings (SSSR count). The van der Waals surface area contributed by atoms with Crippen molar-refractivity contribution in [2.45, 2.75) is 0 Å². The van der Waals surface area contributed by atoms with Crippen LogP contribution in [0.4, 0.5) is 0 Å². The Balaban J connectivity index is 1.66. The summed E-state index contributed by atoms with van der Waals surface area (Å²) in [7, 11) is 0. The van der Waals surface area contributed by atoms with Gasteiger partial charge in [-0.25, -0.2) is 0 Å². The zero-order chi connectivity index (χ0) is 15.2. The van der Waals surface area contributed by atoms with Gasteiger partial charge in [0.25, 0.3) is 0 Å². The molecule has 5 aromatic rings. The predicted octanol–water partition coefficient (Wildman–Crippen LogP) is 4.90. The predicted molar refractivity (Wildman–Crippen MR) is 94.5 cm³/mol. The molecule has 0 atom stereocenters. The number of H-pyrrole nitrogens is 1. The van der Waals surface area contributed by atoms with Crippen LogP contribution in [0, 0.1) is 0 Å². The Morgan fingerprint density at radius 1 is 0.522 bits per heavy atom. The van der Waals surface area contributed by atoms with Crippen molar-refractivity contribution in [2.24, 2.45) is 0 Å². The van der Waals surface area contributed by atoms with E-state index in [1.807, 2.05) is 0 Å². The van der Waals surface area contributed by atoms with E-state index in [4.69, 9.17) is 0 Å². The van der Waals surface area contributed by atoms with Crippen molar-refractivity contribution in [3.05, 3.63) is 85.2 Å². The maximum absolute atomic E-state index is 3.53. The summed E-state index contributed by atoms with van der Waals surface area (Å²) in [6, 6.07) is 25.4. The van der Waals surface area contributed by atoms with Crippen molar-refractivity contribution in [1.82, 2.24) is 14.1 Å². The van der Waals surface area contributed by atoms with E-state index < -0.39 is 0 Å². The van der Waals surface area contributed by atoms with E-state index in [2.05, 4.69) is 99.3 Å². The van der Waals surface area contributed by atoms with Crippen molar-refractivity contribution in [2.75, 3.05) is 0 Å². The molecule has 0 spiro atoms. The highest BCUT2D eigenvalue weighted by molar-refractivity contribution is 5.83. The first-order valence-corrected chi connectivity index (χ1v) is 7.72. The third-order valence-corrected chi connectivity index (χ3v) is 4.37. The van der Waals surface area contributed by atoms with E-state index in [0.717, 1.165) is 11.6 Å². The lowest BCUT2D eigenvalue weighted by Gasteiger charge is -2.04. The van der Waals surface area contributed by atoms with E-state index in [1.165, 1.54) is 21.8 Å². The number of aromatic nitrogens is 3. The Bertz CT molecular complexity index is 1040. The summed E-state index contributed by atoms with van der Waals surface area (Å²) < 4.78 is 4.37. The molecule has 0 amide bonds. The monoisotopic (exact) mass is 297 g/mol. The Hall–Kier alpha value is -3.20. The number of nitrogens with one attached hydrogen (secondary N) is 1. The highest BCUT2D eigenvalue weighted by Crippen LogP contribution is 2.23. The number of aromatic amines is 1. The first kappa shape index (κ1) is 12.4. The molecule has 0 saturated carbocycles. The minimum atomic E-state index is 1.07. The van der Waals surface area contributed by atoms with E-state index in [-0.39, 0.29) is 0 Å². The zero-order valence-electron chi connectivity index (χ0n) is 12.5. The van der Waals surface area contributed by atoms with E-state index in [1.54, 1.807) is 0 Å². The number of nitrogens with zero attached hydrogens (tertiary/aromatic N) is 2. The Kier molecular flexibility index (Phi) is 2.50. The molecule has 3 nitrogen and oxygen atoms in total. The average molecular weight is 297 g/mol. The van der Waals surface area contributed by atoms with Gasteiger partial charge < -0.3 is 14.1 Å². The van der Waals surface area contributed by atoms with Crippen molar-refractivity contribution in [3.63, 3.8) is 0 Å². The normalized spacial score (nSPS) is 11.5. The van der Waals surface area contributed by atoms with E-state index in [9.17, 15) is 0 Å². The van der Waals surface area contributed by atoms with Crippen LogP contribution >= 0.6 is 0 Å². The van der Waals surface area contributed by atoms with Crippen LogP contribution < -0.4 is 0 Å². The zero-order valence-corrected chi connectivity index (χ0v) is 12.5. The average Bonchev–Trinajstić information content (AvgIpc) is 3.31. The molecule has 110 valence electrons. The van der Waals surface area contributed by atoms with Crippen LogP contribution in [0.2, 0.25) is 0 Å². The van der Waals surface area contributed by atoms with Gasteiger partial charge in [0.2, 0.25) is 0 Å². The summed E-state index contributed by atoms with van der Waals surface area (Å²) in [6.07, 6.45) is 4.21. The van der Waals surface area contributed by atoms with Gasteiger partial charge in [-0.05, 0) is 47.2 Å². The van der Waals surface area contributed by atoms with Crippen LogP contribution in [0.15, 0.2) is 85.2 Å². The number of rotatable bonds is 2. The van der Waals surface area contributed by atoms with E-state index >= 15 is 0 Å². The van der Waals surface area contributed by atoms with Crippen molar-refractivity contribution in [1.29, 1.82) is 0 Å². The van der Waals surface area contributed by atoms with Crippen molar-refractivity contribution in [3.8, 4) is 11.6 Å². The lowest BCUT2D eigenvalue weighted by Crippen LogP contribution is -1.95. The Morgan fingerprint density at radius 2 is 1.00 bits per heavy atom. The summed E-state index contributed by atoms with van der Waals surface area (Å²) in [4.78, 5) is 3.53. The van der Waals surface area contributed by atoms with Gasteiger partial charge in [-0.1, -0.05) is 36.4 Å².